The third-order valence-corrected chi connectivity index (χ3v) is 0.930. The molecule has 0 atom stereocenters. The molecule has 0 saturated carbocycles. The molecule has 1 N–H and O–H groups in total. The first-order valence-electron chi connectivity index (χ1n) is 2.37. The van der Waals surface area contributed by atoms with E-state index in [-0.39, 0.29) is 130 Å². The molecule has 7 heteroatoms. The summed E-state index contributed by atoms with van der Waals surface area (Å²) >= 11 is 0. The van der Waals surface area contributed by atoms with Crippen LogP contribution < -0.4 is 118 Å². The van der Waals surface area contributed by atoms with Crippen LogP contribution >= 0.6 is 0 Å². The summed E-state index contributed by atoms with van der Waals surface area (Å²) in [5.41, 5.74) is 0. The van der Waals surface area contributed by atoms with Crippen molar-refractivity contribution in [1.29, 1.82) is 0 Å². The Kier molecular flexibility index (Phi) is 24.1. The zero-order chi connectivity index (χ0) is 6.85. The first-order valence-corrected chi connectivity index (χ1v) is 2.37. The van der Waals surface area contributed by atoms with Crippen molar-refractivity contribution in [3.63, 3.8) is 0 Å². The van der Waals surface area contributed by atoms with Crippen LogP contribution in [-0.4, -0.2) is 16.7 Å². The zero-order valence-electron chi connectivity index (χ0n) is 12.5. The molecule has 0 heterocycles. The number of aliphatic hydroxyl groups excluding tert-OH is 1. The van der Waals surface area contributed by atoms with Gasteiger partial charge in [-0.25, -0.2) is 0 Å². The van der Waals surface area contributed by atoms with E-state index in [0.29, 0.717) is 0 Å². The van der Waals surface area contributed by atoms with Gasteiger partial charge in [0.25, 0.3) is 0 Å². The fourth-order valence-electron chi connectivity index (χ4n) is 0.497. The Hall–Kier alpha value is 2.62. The van der Waals surface area contributed by atoms with Gasteiger partial charge in [0, 0.05) is 6.08 Å². The van der Waals surface area contributed by atoms with Crippen LogP contribution in [0.5, 0.6) is 0 Å². The smallest absolute Gasteiger partial charge is 1.00 e. The number of carbonyl (C=O) groups excluding carboxylic acids is 2. The summed E-state index contributed by atoms with van der Waals surface area (Å²) in [6, 6.07) is 0. The van der Waals surface area contributed by atoms with Gasteiger partial charge in [-0.3, -0.25) is 9.59 Å². The minimum Gasteiger partial charge on any atom is -1.00 e. The molecule has 0 bridgehead atoms. The Morgan fingerprint density at radius 1 is 1.00 bits per heavy atom. The van der Waals surface area contributed by atoms with Crippen molar-refractivity contribution in [2.45, 2.75) is 0 Å². The van der Waals surface area contributed by atoms with E-state index in [0.717, 1.165) is 18.2 Å². The molecule has 0 aromatic carbocycles. The second-order valence-electron chi connectivity index (χ2n) is 1.63. The van der Waals surface area contributed by atoms with E-state index in [1.165, 1.54) is 0 Å². The van der Waals surface area contributed by atoms with Gasteiger partial charge in [-0.15, -0.1) is 0 Å². The molecule has 0 aromatic rings. The Morgan fingerprint density at radius 2 is 1.46 bits per heavy atom. The summed E-state index contributed by atoms with van der Waals surface area (Å²) in [6.07, 6.45) is 3.04. The van der Waals surface area contributed by atoms with Crippen molar-refractivity contribution in [2.75, 3.05) is 0 Å². The minimum absolute atomic E-state index is 0. The standard InChI is InChI=1S/C6H4O3.4Na.4H/c7-4-1-2-5(8)6(9)3-4;;;;;;;;/h1-3,9H;;;;;;;;/q;4*+1;4*-1. The van der Waals surface area contributed by atoms with E-state index in [1.54, 1.807) is 0 Å². The molecule has 3 nitrogen and oxygen atoms in total. The van der Waals surface area contributed by atoms with Gasteiger partial charge in [-0.1, -0.05) is 0 Å². The van der Waals surface area contributed by atoms with Crippen molar-refractivity contribution in [2.24, 2.45) is 0 Å². The summed E-state index contributed by atoms with van der Waals surface area (Å²) in [6.45, 7) is 0. The summed E-state index contributed by atoms with van der Waals surface area (Å²) in [4.78, 5) is 20.7. The summed E-state index contributed by atoms with van der Waals surface area (Å²) in [7, 11) is 0. The molecule has 0 unspecified atom stereocenters. The number of aliphatic hydroxyl groups is 1. The van der Waals surface area contributed by atoms with Gasteiger partial charge in [0.2, 0.25) is 5.78 Å². The molecule has 0 amide bonds. The van der Waals surface area contributed by atoms with Gasteiger partial charge in [-0.05, 0) is 12.2 Å². The average molecular weight is 220 g/mol. The first kappa shape index (κ1) is 24.7. The predicted molar refractivity (Wildman–Crippen MR) is 34.3 cm³/mol. The molecule has 0 saturated heterocycles. The van der Waals surface area contributed by atoms with Crippen LogP contribution in [0.25, 0.3) is 0 Å². The Balaban J connectivity index is -0.0000000169. The summed E-state index contributed by atoms with van der Waals surface area (Å²) in [5.74, 6) is -1.36. The van der Waals surface area contributed by atoms with Crippen molar-refractivity contribution in [3.05, 3.63) is 24.0 Å². The third-order valence-electron chi connectivity index (χ3n) is 0.930. The maximum absolute atomic E-state index is 10.4. The molecule has 54 valence electrons. The molecule has 0 spiro atoms. The average Bonchev–Trinajstić information content (AvgIpc) is 1.80. The number of allylic oxidation sites excluding steroid dienone is 3. The van der Waals surface area contributed by atoms with E-state index in [9.17, 15) is 9.59 Å². The fraction of sp³-hybridized carbons (Fsp3) is 0. The van der Waals surface area contributed by atoms with Gasteiger partial charge in [0.05, 0.1) is 0 Å². The molecule has 13 heavy (non-hydrogen) atoms. The van der Waals surface area contributed by atoms with E-state index >= 15 is 0 Å². The van der Waals surface area contributed by atoms with Crippen LogP contribution in [0.4, 0.5) is 0 Å². The molecule has 0 fully saturated rings. The number of hydrogen-bond donors (Lipinski definition) is 1. The van der Waals surface area contributed by atoms with Crippen LogP contribution in [0.15, 0.2) is 24.0 Å². The van der Waals surface area contributed by atoms with Gasteiger partial charge < -0.3 is 10.8 Å². The third kappa shape index (κ3) is 9.54. The first-order chi connectivity index (χ1) is 4.20. The molecule has 1 rings (SSSR count). The van der Waals surface area contributed by atoms with Crippen molar-refractivity contribution < 1.29 is 139 Å². The molecule has 1 aliphatic rings. The molecular formula is C6H8Na4O3. The zero-order valence-corrected chi connectivity index (χ0v) is 16.5. The maximum Gasteiger partial charge on any atom is 1.00 e. The van der Waals surface area contributed by atoms with Crippen LogP contribution in [-0.2, 0) is 9.59 Å². The van der Waals surface area contributed by atoms with Crippen LogP contribution in [0.1, 0.15) is 5.71 Å². The molecule has 0 aromatic heterocycles. The maximum atomic E-state index is 10.4. The van der Waals surface area contributed by atoms with Gasteiger partial charge >= 0.3 is 118 Å². The number of carbonyl (C=O) groups is 2. The molecular weight excluding hydrogens is 212 g/mol. The molecule has 0 aliphatic heterocycles. The molecule has 1 aliphatic carbocycles. The molecule has 0 radical (unpaired) electrons. The Bertz CT molecular complexity index is 247. The van der Waals surface area contributed by atoms with Gasteiger partial charge in [-0.2, -0.15) is 0 Å². The predicted octanol–water partition coefficient (Wildman–Crippen LogP) is -11.4. The minimum atomic E-state index is -0.519. The number of ketones is 2. The van der Waals surface area contributed by atoms with E-state index in [2.05, 4.69) is 0 Å². The van der Waals surface area contributed by atoms with Crippen LogP contribution in [0.2, 0.25) is 0 Å². The Morgan fingerprint density at radius 3 is 1.77 bits per heavy atom. The monoisotopic (exact) mass is 220 g/mol. The van der Waals surface area contributed by atoms with Crippen LogP contribution in [0.3, 0.4) is 0 Å². The Labute approximate surface area is 171 Å². The fourth-order valence-corrected chi connectivity index (χ4v) is 0.497. The SMILES string of the molecule is O=C1C=CC(=O)C(O)=C1.[H-].[H-].[H-].[H-].[Na+].[Na+].[Na+].[Na+]. The van der Waals surface area contributed by atoms with Crippen molar-refractivity contribution in [3.8, 4) is 0 Å². The van der Waals surface area contributed by atoms with E-state index < -0.39 is 11.5 Å². The van der Waals surface area contributed by atoms with Gasteiger partial charge in [0.1, 0.15) is 0 Å². The van der Waals surface area contributed by atoms with Gasteiger partial charge in [0.15, 0.2) is 11.5 Å². The van der Waals surface area contributed by atoms with Crippen molar-refractivity contribution >= 4 is 11.6 Å². The van der Waals surface area contributed by atoms with Crippen molar-refractivity contribution in [1.82, 2.24) is 0 Å². The largest absolute Gasteiger partial charge is 1.00 e. The number of hydrogen-bond acceptors (Lipinski definition) is 3. The quantitative estimate of drug-likeness (QED) is 0.326. The summed E-state index contributed by atoms with van der Waals surface area (Å²) < 4.78 is 0. The van der Waals surface area contributed by atoms with E-state index in [1.807, 2.05) is 0 Å². The normalized spacial score (nSPS) is 12.5. The topological polar surface area (TPSA) is 54.4 Å². The van der Waals surface area contributed by atoms with Crippen LogP contribution in [0, 0.1) is 0 Å². The summed E-state index contributed by atoms with van der Waals surface area (Å²) in [5, 5.41) is 8.59. The second kappa shape index (κ2) is 12.7. The van der Waals surface area contributed by atoms with E-state index in [4.69, 9.17) is 5.11 Å². The number of rotatable bonds is 0. The second-order valence-corrected chi connectivity index (χ2v) is 1.63.